The molecule has 1 heterocycles. The van der Waals surface area contributed by atoms with Gasteiger partial charge < -0.3 is 0 Å². The molecular formula is C21H26N4O. The smallest absolute Gasteiger partial charge is 0.261 e. The second-order valence-corrected chi connectivity index (χ2v) is 8.49. The molecule has 3 aliphatic rings. The van der Waals surface area contributed by atoms with Crippen LogP contribution in [0.2, 0.25) is 0 Å². The quantitative estimate of drug-likeness (QED) is 0.580. The van der Waals surface area contributed by atoms with Gasteiger partial charge in [-0.15, -0.1) is 5.11 Å². The number of nitrogens with zero attached hydrogens (tertiary/aromatic N) is 4. The summed E-state index contributed by atoms with van der Waals surface area (Å²) in [7, 11) is 0. The maximum absolute atomic E-state index is 11.2. The van der Waals surface area contributed by atoms with E-state index in [0.717, 1.165) is 25.3 Å². The minimum Gasteiger partial charge on any atom is -0.299 e. The van der Waals surface area contributed by atoms with Gasteiger partial charge in [0.25, 0.3) is 5.91 Å². The Bertz CT molecular complexity index is 820. The van der Waals surface area contributed by atoms with Crippen molar-refractivity contribution in [1.82, 2.24) is 4.90 Å². The van der Waals surface area contributed by atoms with Crippen LogP contribution in [-0.4, -0.2) is 29.9 Å². The Morgan fingerprint density at radius 3 is 2.85 bits per heavy atom. The van der Waals surface area contributed by atoms with Crippen molar-refractivity contribution in [1.29, 1.82) is 0 Å². The van der Waals surface area contributed by atoms with E-state index >= 15 is 0 Å². The Labute approximate surface area is 155 Å². The Morgan fingerprint density at radius 2 is 2.19 bits per heavy atom. The van der Waals surface area contributed by atoms with Gasteiger partial charge in [0.2, 0.25) is 5.69 Å². The lowest BCUT2D eigenvalue weighted by Gasteiger charge is -2.55. The first-order chi connectivity index (χ1) is 12.4. The van der Waals surface area contributed by atoms with Crippen molar-refractivity contribution in [3.63, 3.8) is 0 Å². The van der Waals surface area contributed by atoms with E-state index in [1.165, 1.54) is 37.4 Å². The first-order valence-corrected chi connectivity index (χ1v) is 9.63. The zero-order chi connectivity index (χ0) is 18.5. The van der Waals surface area contributed by atoms with Gasteiger partial charge in [0.05, 0.1) is 12.3 Å². The molecule has 1 saturated carbocycles. The molecule has 5 heteroatoms. The zero-order valence-electron chi connectivity index (χ0n) is 15.8. The van der Waals surface area contributed by atoms with E-state index < -0.39 is 0 Å². The lowest BCUT2D eigenvalue weighted by Crippen LogP contribution is -2.58. The van der Waals surface area contributed by atoms with Gasteiger partial charge in [0, 0.05) is 19.5 Å². The van der Waals surface area contributed by atoms with Crippen molar-refractivity contribution in [2.24, 2.45) is 22.1 Å². The number of fused-ring (bicyclic) bond motifs is 4. The molecule has 1 aromatic carbocycles. The van der Waals surface area contributed by atoms with Crippen LogP contribution in [0.3, 0.4) is 0 Å². The highest BCUT2D eigenvalue weighted by Gasteiger charge is 2.49. The van der Waals surface area contributed by atoms with Gasteiger partial charge in [-0.1, -0.05) is 19.9 Å². The highest BCUT2D eigenvalue weighted by atomic mass is 16.1. The first-order valence-electron chi connectivity index (χ1n) is 9.63. The van der Waals surface area contributed by atoms with Crippen LogP contribution in [0.5, 0.6) is 0 Å². The summed E-state index contributed by atoms with van der Waals surface area (Å²) in [6.45, 7) is 16.0. The number of piperidine rings is 1. The largest absolute Gasteiger partial charge is 0.299 e. The van der Waals surface area contributed by atoms with Gasteiger partial charge in [0.1, 0.15) is 0 Å². The van der Waals surface area contributed by atoms with E-state index in [2.05, 4.69) is 33.8 Å². The molecule has 4 rings (SSSR count). The average molecular weight is 350 g/mol. The third-order valence-corrected chi connectivity index (χ3v) is 6.82. The van der Waals surface area contributed by atoms with Gasteiger partial charge in [-0.25, -0.2) is 4.85 Å². The average Bonchev–Trinajstić information content (AvgIpc) is 3.42. The SMILES string of the molecule is [C-]#[N+]c1cc2c(cc1N=NC(C)=O)CC1[C@H](C)[C@]2(C)CCN1CC1CC1. The summed E-state index contributed by atoms with van der Waals surface area (Å²) in [5.41, 5.74) is 3.72. The Balaban J connectivity index is 1.74. The normalized spacial score (nSPS) is 30.8. The number of rotatable bonds is 3. The maximum Gasteiger partial charge on any atom is 0.261 e. The molecule has 2 aliphatic carbocycles. The van der Waals surface area contributed by atoms with Crippen LogP contribution in [0.4, 0.5) is 11.4 Å². The van der Waals surface area contributed by atoms with Gasteiger partial charge in [-0.05, 0) is 66.7 Å². The fourth-order valence-corrected chi connectivity index (χ4v) is 4.89. The first kappa shape index (κ1) is 17.4. The molecule has 1 aliphatic heterocycles. The van der Waals surface area contributed by atoms with Crippen molar-refractivity contribution in [3.05, 3.63) is 34.7 Å². The number of azo groups is 1. The van der Waals surface area contributed by atoms with Gasteiger partial charge in [-0.2, -0.15) is 5.11 Å². The third kappa shape index (κ3) is 2.87. The molecule has 0 spiro atoms. The molecule has 26 heavy (non-hydrogen) atoms. The van der Waals surface area contributed by atoms with Crippen molar-refractivity contribution in [3.8, 4) is 0 Å². The third-order valence-electron chi connectivity index (χ3n) is 6.82. The van der Waals surface area contributed by atoms with Crippen molar-refractivity contribution in [2.45, 2.75) is 57.9 Å². The number of likely N-dealkylation sites (tertiary alicyclic amines) is 1. The van der Waals surface area contributed by atoms with Crippen LogP contribution in [0.25, 0.3) is 4.85 Å². The molecule has 0 N–H and O–H groups in total. The van der Waals surface area contributed by atoms with Crippen LogP contribution in [0.1, 0.15) is 51.2 Å². The number of carbonyl (C=O) groups is 1. The number of hydrogen-bond donors (Lipinski definition) is 0. The molecule has 2 fully saturated rings. The monoisotopic (exact) mass is 350 g/mol. The van der Waals surface area contributed by atoms with Gasteiger partial charge in [0.15, 0.2) is 0 Å². The summed E-state index contributed by atoms with van der Waals surface area (Å²) in [5, 5.41) is 7.70. The van der Waals surface area contributed by atoms with Crippen molar-refractivity contribution >= 4 is 17.3 Å². The fourth-order valence-electron chi connectivity index (χ4n) is 4.89. The van der Waals surface area contributed by atoms with Crippen molar-refractivity contribution in [2.75, 3.05) is 13.1 Å². The van der Waals surface area contributed by atoms with Crippen LogP contribution >= 0.6 is 0 Å². The topological polar surface area (TPSA) is 49.4 Å². The summed E-state index contributed by atoms with van der Waals surface area (Å²) in [6.07, 6.45) is 4.90. The lowest BCUT2D eigenvalue weighted by atomic mass is 9.59. The summed E-state index contributed by atoms with van der Waals surface area (Å²) in [4.78, 5) is 17.5. The number of hydrogen-bond acceptors (Lipinski definition) is 3. The summed E-state index contributed by atoms with van der Waals surface area (Å²) >= 11 is 0. The van der Waals surface area contributed by atoms with E-state index in [1.54, 1.807) is 0 Å². The molecule has 136 valence electrons. The van der Waals surface area contributed by atoms with E-state index in [4.69, 9.17) is 6.57 Å². The van der Waals surface area contributed by atoms with E-state index in [0.29, 0.717) is 23.3 Å². The fraction of sp³-hybridized carbons (Fsp3) is 0.619. The molecule has 0 aromatic heterocycles. The predicted octanol–water partition coefficient (Wildman–Crippen LogP) is 4.80. The number of benzene rings is 1. The standard InChI is InChI=1S/C21H26N4O/c1-13-20-10-16-9-19(24-23-14(2)26)18(22-4)11-17(16)21(13,3)7-8-25(20)12-15-5-6-15/h9,11,13,15,20H,5-8,10,12H2,1-3H3/t13-,20?,21-/m0/s1. The number of carbonyl (C=O) groups excluding carboxylic acids is 1. The Kier molecular flexibility index (Phi) is 4.19. The lowest BCUT2D eigenvalue weighted by molar-refractivity contribution is -0.116. The molecule has 1 aromatic rings. The maximum atomic E-state index is 11.2. The minimum absolute atomic E-state index is 0.105. The van der Waals surface area contributed by atoms with Gasteiger partial charge in [-0.3, -0.25) is 9.69 Å². The molecule has 2 bridgehead atoms. The van der Waals surface area contributed by atoms with Crippen LogP contribution in [0, 0.1) is 18.4 Å². The molecule has 5 nitrogen and oxygen atoms in total. The predicted molar refractivity (Wildman–Crippen MR) is 101 cm³/mol. The van der Waals surface area contributed by atoms with Crippen LogP contribution in [0.15, 0.2) is 22.4 Å². The van der Waals surface area contributed by atoms with Crippen LogP contribution < -0.4 is 0 Å². The molecule has 1 saturated heterocycles. The highest BCUT2D eigenvalue weighted by molar-refractivity contribution is 5.75. The van der Waals surface area contributed by atoms with Gasteiger partial charge >= 0.3 is 0 Å². The van der Waals surface area contributed by atoms with E-state index in [-0.39, 0.29) is 11.3 Å². The highest BCUT2D eigenvalue weighted by Crippen LogP contribution is 2.51. The summed E-state index contributed by atoms with van der Waals surface area (Å²) in [6, 6.07) is 4.57. The molecule has 0 radical (unpaired) electrons. The summed E-state index contributed by atoms with van der Waals surface area (Å²) in [5.74, 6) is 1.13. The summed E-state index contributed by atoms with van der Waals surface area (Å²) < 4.78 is 0. The van der Waals surface area contributed by atoms with E-state index in [9.17, 15) is 4.79 Å². The van der Waals surface area contributed by atoms with Crippen LogP contribution in [-0.2, 0) is 16.6 Å². The molecule has 1 unspecified atom stereocenters. The zero-order valence-corrected chi connectivity index (χ0v) is 15.8. The van der Waals surface area contributed by atoms with E-state index in [1.807, 2.05) is 12.1 Å². The minimum atomic E-state index is -0.341. The molecule has 1 amide bonds. The second kappa shape index (κ2) is 6.28. The second-order valence-electron chi connectivity index (χ2n) is 8.49. The Morgan fingerprint density at radius 1 is 1.42 bits per heavy atom. The van der Waals surface area contributed by atoms with Crippen molar-refractivity contribution < 1.29 is 4.79 Å². The number of amides is 1. The molecular weight excluding hydrogens is 324 g/mol. The molecule has 3 atom stereocenters. The Hall–Kier alpha value is -2.06.